The number of benzene rings is 1. The summed E-state index contributed by atoms with van der Waals surface area (Å²) in [6.07, 6.45) is -1.28. The van der Waals surface area contributed by atoms with E-state index in [0.717, 1.165) is 23.5 Å². The lowest BCUT2D eigenvalue weighted by atomic mass is 9.49. The SMILES string of the molecule is C=CC(=O)N1CCc2cc(Cl)sc2C1.[B]C([B])([B])n1cc(-c2ccccc2)c(C(F)(F)F)n1. The van der Waals surface area contributed by atoms with E-state index in [1.54, 1.807) is 34.4 Å². The minimum Gasteiger partial charge on any atom is -0.334 e. The number of alkyl halides is 3. The number of halogens is 4. The van der Waals surface area contributed by atoms with E-state index in [1.165, 1.54) is 28.6 Å². The summed E-state index contributed by atoms with van der Waals surface area (Å²) in [6.45, 7) is 4.93. The molecule has 2 aromatic heterocycles. The number of aromatic nitrogens is 2. The van der Waals surface area contributed by atoms with Crippen molar-refractivity contribution in [1.82, 2.24) is 14.7 Å². The molecule has 0 saturated heterocycles. The van der Waals surface area contributed by atoms with Crippen molar-refractivity contribution in [2.24, 2.45) is 0 Å². The van der Waals surface area contributed by atoms with Gasteiger partial charge in [-0.05, 0) is 34.9 Å². The average molecular weight is 483 g/mol. The van der Waals surface area contributed by atoms with E-state index in [-0.39, 0.29) is 11.5 Å². The Morgan fingerprint density at radius 2 is 1.88 bits per heavy atom. The first-order valence-electron chi connectivity index (χ1n) is 9.68. The molecule has 3 aromatic rings. The molecule has 6 radical (unpaired) electrons. The van der Waals surface area contributed by atoms with Crippen LogP contribution in [0.3, 0.4) is 0 Å². The summed E-state index contributed by atoms with van der Waals surface area (Å²) in [6, 6.07) is 9.99. The number of carbonyl (C=O) groups excluding carboxylic acids is 1. The normalized spacial score (nSPS) is 13.6. The summed E-state index contributed by atoms with van der Waals surface area (Å²) < 4.78 is 40.3. The Hall–Kier alpha value is -2.39. The van der Waals surface area contributed by atoms with Crippen molar-refractivity contribution in [1.29, 1.82) is 0 Å². The maximum Gasteiger partial charge on any atom is 0.435 e. The summed E-state index contributed by atoms with van der Waals surface area (Å²) >= 11 is 7.47. The van der Waals surface area contributed by atoms with E-state index >= 15 is 0 Å². The van der Waals surface area contributed by atoms with Crippen LogP contribution in [0.4, 0.5) is 13.2 Å². The Labute approximate surface area is 202 Å². The molecule has 0 bridgehead atoms. The zero-order valence-corrected chi connectivity index (χ0v) is 18.9. The second-order valence-electron chi connectivity index (χ2n) is 7.30. The first-order chi connectivity index (χ1) is 15.4. The largest absolute Gasteiger partial charge is 0.435 e. The standard InChI is InChI=1S/C11H6B3F3N2.C10H10ClNOS/c12-11(13,14)19-6-8(7-4-2-1-3-5-7)9(18-19)10(15,16)17;1-2-10(13)12-4-3-7-5-9(11)14-8(7)6-12/h1-6H;2,5H,1,3-4,6H2. The highest BCUT2D eigenvalue weighted by atomic mass is 35.5. The molecule has 164 valence electrons. The van der Waals surface area contributed by atoms with Crippen molar-refractivity contribution in [3.05, 3.63) is 75.7 Å². The van der Waals surface area contributed by atoms with Gasteiger partial charge in [0, 0.05) is 23.2 Å². The van der Waals surface area contributed by atoms with Crippen LogP contribution in [-0.2, 0) is 29.2 Å². The Balaban J connectivity index is 0.000000194. The van der Waals surface area contributed by atoms with Crippen LogP contribution in [0.15, 0.2) is 55.3 Å². The first-order valence-corrected chi connectivity index (χ1v) is 10.9. The Morgan fingerprint density at radius 1 is 1.21 bits per heavy atom. The number of hydrogen-bond donors (Lipinski definition) is 0. The predicted octanol–water partition coefficient (Wildman–Crippen LogP) is 4.11. The molecule has 0 fully saturated rings. The highest BCUT2D eigenvalue weighted by Crippen LogP contribution is 2.36. The number of fused-ring (bicyclic) bond motifs is 1. The van der Waals surface area contributed by atoms with Gasteiger partial charge in [-0.25, -0.2) is 0 Å². The van der Waals surface area contributed by atoms with Crippen LogP contribution in [-0.4, -0.2) is 50.7 Å². The van der Waals surface area contributed by atoms with Gasteiger partial charge in [0.2, 0.25) is 5.91 Å². The quantitative estimate of drug-likeness (QED) is 0.416. The lowest BCUT2D eigenvalue weighted by Crippen LogP contribution is -2.35. The van der Waals surface area contributed by atoms with Crippen LogP contribution in [0.2, 0.25) is 4.34 Å². The second kappa shape index (κ2) is 9.85. The molecule has 4 nitrogen and oxygen atoms in total. The number of hydrogen-bond acceptors (Lipinski definition) is 3. The van der Waals surface area contributed by atoms with Crippen molar-refractivity contribution in [3.63, 3.8) is 0 Å². The van der Waals surface area contributed by atoms with E-state index in [2.05, 4.69) is 11.7 Å². The molecule has 0 saturated carbocycles. The molecule has 12 heteroatoms. The third-order valence-corrected chi connectivity index (χ3v) is 6.09. The van der Waals surface area contributed by atoms with Crippen molar-refractivity contribution in [3.8, 4) is 11.1 Å². The summed E-state index contributed by atoms with van der Waals surface area (Å²) in [4.78, 5) is 14.4. The van der Waals surface area contributed by atoms with Gasteiger partial charge in [-0.15, -0.1) is 11.3 Å². The van der Waals surface area contributed by atoms with Crippen LogP contribution in [0.5, 0.6) is 0 Å². The minimum atomic E-state index is -4.62. The zero-order valence-electron chi connectivity index (χ0n) is 17.3. The Bertz CT molecular complexity index is 1140. The highest BCUT2D eigenvalue weighted by Gasteiger charge is 2.38. The molecule has 3 heterocycles. The van der Waals surface area contributed by atoms with Gasteiger partial charge in [0.15, 0.2) is 5.69 Å². The molecule has 4 rings (SSSR count). The number of thiophene rings is 1. The Kier molecular flexibility index (Phi) is 7.53. The fraction of sp³-hybridized carbons (Fsp3) is 0.238. The van der Waals surface area contributed by atoms with Crippen LogP contribution in [0.1, 0.15) is 16.1 Å². The van der Waals surface area contributed by atoms with Gasteiger partial charge >= 0.3 is 6.18 Å². The summed E-state index contributed by atoms with van der Waals surface area (Å²) in [5, 5.41) is 1.35. The van der Waals surface area contributed by atoms with Crippen LogP contribution >= 0.6 is 22.9 Å². The Morgan fingerprint density at radius 3 is 2.45 bits per heavy atom. The van der Waals surface area contributed by atoms with Gasteiger partial charge in [-0.2, -0.15) is 18.3 Å². The van der Waals surface area contributed by atoms with Gasteiger partial charge < -0.3 is 4.90 Å². The topological polar surface area (TPSA) is 38.1 Å². The third kappa shape index (κ3) is 6.15. The van der Waals surface area contributed by atoms with Gasteiger partial charge in [-0.1, -0.05) is 48.5 Å². The first kappa shape index (κ1) is 25.2. The molecular weight excluding hydrogens is 467 g/mol. The number of rotatable bonds is 3. The van der Waals surface area contributed by atoms with Crippen LogP contribution in [0.25, 0.3) is 11.1 Å². The van der Waals surface area contributed by atoms with Crippen molar-refractivity contribution < 1.29 is 18.0 Å². The highest BCUT2D eigenvalue weighted by molar-refractivity contribution is 7.16. The smallest absolute Gasteiger partial charge is 0.334 e. The molecule has 1 amide bonds. The fourth-order valence-corrected chi connectivity index (χ4v) is 4.57. The number of carbonyl (C=O) groups is 1. The van der Waals surface area contributed by atoms with E-state index in [1.807, 2.05) is 6.07 Å². The molecule has 0 unspecified atom stereocenters. The number of amides is 1. The van der Waals surface area contributed by atoms with E-state index in [9.17, 15) is 18.0 Å². The van der Waals surface area contributed by atoms with Gasteiger partial charge in [0.25, 0.3) is 0 Å². The molecule has 1 aliphatic heterocycles. The van der Waals surface area contributed by atoms with Gasteiger partial charge in [0.1, 0.15) is 0 Å². The molecule has 1 aliphatic rings. The minimum absolute atomic E-state index is 0.000160. The third-order valence-electron chi connectivity index (χ3n) is 4.80. The summed E-state index contributed by atoms with van der Waals surface area (Å²) in [5.41, 5.74) is 0.432. The molecule has 0 aliphatic carbocycles. The molecule has 1 aromatic carbocycles. The molecule has 33 heavy (non-hydrogen) atoms. The maximum atomic E-state index is 12.9. The van der Waals surface area contributed by atoms with E-state index < -0.39 is 17.1 Å². The van der Waals surface area contributed by atoms with Crippen LogP contribution < -0.4 is 0 Å². The van der Waals surface area contributed by atoms with Crippen LogP contribution in [0, 0.1) is 0 Å². The van der Waals surface area contributed by atoms with E-state index in [4.69, 9.17) is 35.1 Å². The average Bonchev–Trinajstić information content (AvgIpc) is 3.37. The van der Waals surface area contributed by atoms with Gasteiger partial charge in [-0.3, -0.25) is 9.48 Å². The summed E-state index contributed by atoms with van der Waals surface area (Å²) in [5.74, 6) is 0.000160. The molecular formula is C21H16B3ClF3N3OS. The number of nitrogens with zero attached hydrogens (tertiary/aromatic N) is 3. The van der Waals surface area contributed by atoms with Crippen molar-refractivity contribution in [2.45, 2.75) is 24.4 Å². The molecule has 0 spiro atoms. The maximum absolute atomic E-state index is 12.9. The monoisotopic (exact) mass is 483 g/mol. The lowest BCUT2D eigenvalue weighted by Gasteiger charge is -2.25. The van der Waals surface area contributed by atoms with E-state index in [0.29, 0.717) is 16.8 Å². The lowest BCUT2D eigenvalue weighted by molar-refractivity contribution is -0.141. The molecule has 0 N–H and O–H groups in total. The van der Waals surface area contributed by atoms with Crippen molar-refractivity contribution >= 4 is 52.4 Å². The molecule has 0 atom stereocenters. The predicted molar refractivity (Wildman–Crippen MR) is 127 cm³/mol. The zero-order chi connectivity index (χ0) is 24.4. The van der Waals surface area contributed by atoms with Gasteiger partial charge in [0.05, 0.1) is 34.4 Å². The van der Waals surface area contributed by atoms with Crippen molar-refractivity contribution in [2.75, 3.05) is 6.54 Å². The fourth-order valence-electron chi connectivity index (χ4n) is 3.21. The summed E-state index contributed by atoms with van der Waals surface area (Å²) in [7, 11) is 16.0. The second-order valence-corrected chi connectivity index (χ2v) is 9.07.